The summed E-state index contributed by atoms with van der Waals surface area (Å²) in [4.78, 5) is 4.90. The van der Waals surface area contributed by atoms with Crippen molar-refractivity contribution in [3.63, 3.8) is 0 Å². The Morgan fingerprint density at radius 1 is 1.00 bits per heavy atom. The van der Waals surface area contributed by atoms with Crippen molar-refractivity contribution in [2.45, 2.75) is 45.8 Å². The Morgan fingerprint density at radius 2 is 1.74 bits per heavy atom. The van der Waals surface area contributed by atoms with E-state index in [0.717, 1.165) is 45.6 Å². The van der Waals surface area contributed by atoms with E-state index in [4.69, 9.17) is 0 Å². The number of aliphatic hydroxyl groups excluding tert-OH is 1. The average Bonchev–Trinajstić information content (AvgIpc) is 2.70. The van der Waals surface area contributed by atoms with Gasteiger partial charge in [0.25, 0.3) is 0 Å². The summed E-state index contributed by atoms with van der Waals surface area (Å²) >= 11 is 0. The molecule has 1 aliphatic rings. The maximum atomic E-state index is 10.4. The van der Waals surface area contributed by atoms with Crippen LogP contribution in [0.25, 0.3) is 0 Å². The van der Waals surface area contributed by atoms with Gasteiger partial charge in [0.05, 0.1) is 6.10 Å². The van der Waals surface area contributed by atoms with Crippen LogP contribution < -0.4 is 4.90 Å². The number of nitrogens with zero attached hydrogens (tertiary/aromatic N) is 2. The van der Waals surface area contributed by atoms with Gasteiger partial charge < -0.3 is 14.9 Å². The van der Waals surface area contributed by atoms with Gasteiger partial charge in [-0.05, 0) is 56.0 Å². The molecule has 27 heavy (non-hydrogen) atoms. The number of hydrogen-bond acceptors (Lipinski definition) is 3. The second-order valence-electron chi connectivity index (χ2n) is 7.79. The summed E-state index contributed by atoms with van der Waals surface area (Å²) in [6.07, 6.45) is 2.89. The highest BCUT2D eigenvalue weighted by molar-refractivity contribution is 5.48. The van der Waals surface area contributed by atoms with Crippen molar-refractivity contribution in [2.24, 2.45) is 5.92 Å². The Balaban J connectivity index is 1.62. The molecule has 3 heteroatoms. The first-order valence-electron chi connectivity index (χ1n) is 10.5. The van der Waals surface area contributed by atoms with Crippen LogP contribution >= 0.6 is 0 Å². The summed E-state index contributed by atoms with van der Waals surface area (Å²) in [7, 11) is 0. The Bertz CT molecular complexity index is 671. The van der Waals surface area contributed by atoms with Gasteiger partial charge in [-0.15, -0.1) is 0 Å². The molecule has 0 spiro atoms. The number of piperidine rings is 1. The van der Waals surface area contributed by atoms with Crippen LogP contribution in [0, 0.1) is 5.92 Å². The van der Waals surface area contributed by atoms with Gasteiger partial charge in [0, 0.05) is 37.8 Å². The monoisotopic (exact) mass is 366 g/mol. The third-order valence-electron chi connectivity index (χ3n) is 5.72. The molecule has 0 aromatic heterocycles. The van der Waals surface area contributed by atoms with Crippen molar-refractivity contribution in [1.82, 2.24) is 4.90 Å². The molecule has 0 bridgehead atoms. The molecule has 0 amide bonds. The molecule has 2 aromatic carbocycles. The van der Waals surface area contributed by atoms with Crippen molar-refractivity contribution in [2.75, 3.05) is 31.1 Å². The summed E-state index contributed by atoms with van der Waals surface area (Å²) in [5, 5.41) is 10.4. The summed E-state index contributed by atoms with van der Waals surface area (Å²) in [5.41, 5.74) is 3.93. The highest BCUT2D eigenvalue weighted by Crippen LogP contribution is 2.24. The van der Waals surface area contributed by atoms with Crippen LogP contribution in [0.2, 0.25) is 0 Å². The largest absolute Gasteiger partial charge is 0.393 e. The molecule has 2 atom stereocenters. The van der Waals surface area contributed by atoms with Crippen LogP contribution in [-0.4, -0.2) is 42.3 Å². The van der Waals surface area contributed by atoms with E-state index in [-0.39, 0.29) is 6.10 Å². The third kappa shape index (κ3) is 5.57. The lowest BCUT2D eigenvalue weighted by Gasteiger charge is -2.36. The zero-order valence-corrected chi connectivity index (χ0v) is 16.8. The Labute approximate surface area is 164 Å². The fourth-order valence-electron chi connectivity index (χ4n) is 4.15. The molecule has 1 aliphatic heterocycles. The smallest absolute Gasteiger partial charge is 0.0596 e. The van der Waals surface area contributed by atoms with Crippen LogP contribution in [0.3, 0.4) is 0 Å². The first-order chi connectivity index (χ1) is 13.2. The van der Waals surface area contributed by atoms with Gasteiger partial charge in [0.1, 0.15) is 0 Å². The second kappa shape index (κ2) is 9.91. The molecular weight excluding hydrogens is 332 g/mol. The minimum absolute atomic E-state index is 0.164. The maximum Gasteiger partial charge on any atom is 0.0596 e. The number of hydrogen-bond donors (Lipinski definition) is 1. The van der Waals surface area contributed by atoms with Gasteiger partial charge in [-0.1, -0.05) is 49.4 Å². The van der Waals surface area contributed by atoms with Crippen molar-refractivity contribution in [3.05, 3.63) is 65.7 Å². The highest BCUT2D eigenvalue weighted by Gasteiger charge is 2.27. The fraction of sp³-hybridized carbons (Fsp3) is 0.500. The van der Waals surface area contributed by atoms with Gasteiger partial charge in [-0.2, -0.15) is 0 Å². The van der Waals surface area contributed by atoms with E-state index in [2.05, 4.69) is 78.2 Å². The molecule has 0 aliphatic carbocycles. The SMILES string of the molecule is CCCN1CCC(O)C(Cc2ccc(N(CC)Cc3ccccc3)cc2)C1. The van der Waals surface area contributed by atoms with E-state index in [1.807, 2.05) is 0 Å². The minimum atomic E-state index is -0.164. The van der Waals surface area contributed by atoms with E-state index < -0.39 is 0 Å². The van der Waals surface area contributed by atoms with Gasteiger partial charge in [0.15, 0.2) is 0 Å². The number of aliphatic hydroxyl groups is 1. The zero-order valence-electron chi connectivity index (χ0n) is 16.8. The number of benzene rings is 2. The van der Waals surface area contributed by atoms with E-state index in [1.165, 1.54) is 23.2 Å². The molecular formula is C24H34N2O. The molecule has 1 saturated heterocycles. The van der Waals surface area contributed by atoms with Crippen molar-refractivity contribution >= 4 is 5.69 Å². The molecule has 146 valence electrons. The minimum Gasteiger partial charge on any atom is -0.393 e. The molecule has 3 nitrogen and oxygen atoms in total. The normalized spacial score (nSPS) is 20.6. The Morgan fingerprint density at radius 3 is 2.41 bits per heavy atom. The van der Waals surface area contributed by atoms with E-state index in [9.17, 15) is 5.11 Å². The van der Waals surface area contributed by atoms with Gasteiger partial charge >= 0.3 is 0 Å². The summed E-state index contributed by atoms with van der Waals surface area (Å²) in [6, 6.07) is 19.6. The van der Waals surface area contributed by atoms with Crippen molar-refractivity contribution in [1.29, 1.82) is 0 Å². The zero-order chi connectivity index (χ0) is 19.1. The Kier molecular flexibility index (Phi) is 7.31. The lowest BCUT2D eigenvalue weighted by molar-refractivity contribution is 0.0270. The number of anilines is 1. The molecule has 1 N–H and O–H groups in total. The van der Waals surface area contributed by atoms with E-state index >= 15 is 0 Å². The van der Waals surface area contributed by atoms with Gasteiger partial charge in [0.2, 0.25) is 0 Å². The molecule has 0 saturated carbocycles. The first kappa shape index (κ1) is 19.9. The molecule has 2 aromatic rings. The van der Waals surface area contributed by atoms with Crippen LogP contribution in [0.4, 0.5) is 5.69 Å². The molecule has 0 radical (unpaired) electrons. The molecule has 2 unspecified atom stereocenters. The fourth-order valence-corrected chi connectivity index (χ4v) is 4.15. The Hall–Kier alpha value is -1.84. The predicted molar refractivity (Wildman–Crippen MR) is 114 cm³/mol. The third-order valence-corrected chi connectivity index (χ3v) is 5.72. The molecule has 1 fully saturated rings. The van der Waals surface area contributed by atoms with Crippen LogP contribution in [-0.2, 0) is 13.0 Å². The summed E-state index contributed by atoms with van der Waals surface area (Å²) in [5.74, 6) is 0.350. The molecule has 1 heterocycles. The topological polar surface area (TPSA) is 26.7 Å². The van der Waals surface area contributed by atoms with Crippen LogP contribution in [0.5, 0.6) is 0 Å². The highest BCUT2D eigenvalue weighted by atomic mass is 16.3. The lowest BCUT2D eigenvalue weighted by atomic mass is 9.88. The maximum absolute atomic E-state index is 10.4. The quantitative estimate of drug-likeness (QED) is 0.752. The molecule has 3 rings (SSSR count). The lowest BCUT2D eigenvalue weighted by Crippen LogP contribution is -2.44. The van der Waals surface area contributed by atoms with Crippen molar-refractivity contribution < 1.29 is 5.11 Å². The first-order valence-corrected chi connectivity index (χ1v) is 10.5. The van der Waals surface area contributed by atoms with Gasteiger partial charge in [-0.3, -0.25) is 0 Å². The summed E-state index contributed by atoms with van der Waals surface area (Å²) < 4.78 is 0. The summed E-state index contributed by atoms with van der Waals surface area (Å²) in [6.45, 7) is 9.56. The standard InChI is InChI=1S/C24H34N2O/c1-3-15-25-16-14-24(27)22(19-25)17-20-10-12-23(13-11-20)26(4-2)18-21-8-6-5-7-9-21/h5-13,22,24,27H,3-4,14-19H2,1-2H3. The predicted octanol–water partition coefficient (Wildman–Crippen LogP) is 4.35. The van der Waals surface area contributed by atoms with Crippen LogP contribution in [0.15, 0.2) is 54.6 Å². The second-order valence-corrected chi connectivity index (χ2v) is 7.79. The number of rotatable bonds is 8. The average molecular weight is 367 g/mol. The van der Waals surface area contributed by atoms with E-state index in [0.29, 0.717) is 5.92 Å². The van der Waals surface area contributed by atoms with Crippen molar-refractivity contribution in [3.8, 4) is 0 Å². The van der Waals surface area contributed by atoms with Crippen LogP contribution in [0.1, 0.15) is 37.8 Å². The van der Waals surface area contributed by atoms with E-state index in [1.54, 1.807) is 0 Å². The van der Waals surface area contributed by atoms with Gasteiger partial charge in [-0.25, -0.2) is 0 Å². The number of likely N-dealkylation sites (tertiary alicyclic amines) is 1.